The quantitative estimate of drug-likeness (QED) is 0.824. The lowest BCUT2D eigenvalue weighted by molar-refractivity contribution is -0.126. The molecule has 1 aromatic rings. The summed E-state index contributed by atoms with van der Waals surface area (Å²) in [6, 6.07) is 9.93. The Hall–Kier alpha value is -1.40. The van der Waals surface area contributed by atoms with Crippen molar-refractivity contribution in [2.75, 3.05) is 25.4 Å². The van der Waals surface area contributed by atoms with Crippen LogP contribution in [0.4, 0.5) is 0 Å². The maximum absolute atomic E-state index is 12.4. The molecule has 1 aliphatic rings. The fourth-order valence-electron chi connectivity index (χ4n) is 2.95. The van der Waals surface area contributed by atoms with E-state index in [-0.39, 0.29) is 17.6 Å². The fraction of sp³-hybridized carbons (Fsp3) is 0.588. The first-order chi connectivity index (χ1) is 11.0. The van der Waals surface area contributed by atoms with E-state index in [1.54, 1.807) is 4.31 Å². The second kappa shape index (κ2) is 8.45. The Labute approximate surface area is 139 Å². The van der Waals surface area contributed by atoms with E-state index in [9.17, 15) is 13.2 Å². The molecule has 0 aromatic heterocycles. The van der Waals surface area contributed by atoms with Crippen molar-refractivity contribution < 1.29 is 13.2 Å². The maximum atomic E-state index is 12.4. The minimum atomic E-state index is -3.21. The van der Waals surface area contributed by atoms with Gasteiger partial charge in [-0.1, -0.05) is 30.3 Å². The highest BCUT2D eigenvalue weighted by Gasteiger charge is 2.30. The lowest BCUT2D eigenvalue weighted by Crippen LogP contribution is -2.43. The third-order valence-electron chi connectivity index (χ3n) is 4.28. The van der Waals surface area contributed by atoms with Gasteiger partial charge in [-0.2, -0.15) is 0 Å². The molecule has 0 radical (unpaired) electrons. The number of hydrogen-bond donors (Lipinski definition) is 1. The van der Waals surface area contributed by atoms with Crippen LogP contribution < -0.4 is 5.32 Å². The van der Waals surface area contributed by atoms with Gasteiger partial charge in [-0.3, -0.25) is 4.79 Å². The zero-order chi connectivity index (χ0) is 16.7. The molecule has 6 heteroatoms. The molecule has 1 saturated heterocycles. The van der Waals surface area contributed by atoms with Crippen LogP contribution in [-0.4, -0.2) is 44.0 Å². The van der Waals surface area contributed by atoms with Gasteiger partial charge in [0.2, 0.25) is 15.9 Å². The molecule has 0 bridgehead atoms. The van der Waals surface area contributed by atoms with Gasteiger partial charge in [0.15, 0.2) is 0 Å². The third-order valence-corrected chi connectivity index (χ3v) is 6.24. The van der Waals surface area contributed by atoms with Gasteiger partial charge in [0.25, 0.3) is 0 Å². The summed E-state index contributed by atoms with van der Waals surface area (Å²) in [6.07, 6.45) is 2.63. The second-order valence-electron chi connectivity index (χ2n) is 5.97. The van der Waals surface area contributed by atoms with Crippen molar-refractivity contribution in [3.63, 3.8) is 0 Å². The average Bonchev–Trinajstić information content (AvgIpc) is 2.56. The summed E-state index contributed by atoms with van der Waals surface area (Å²) >= 11 is 0. The van der Waals surface area contributed by atoms with Crippen molar-refractivity contribution in [3.05, 3.63) is 35.9 Å². The van der Waals surface area contributed by atoms with E-state index in [0.29, 0.717) is 38.9 Å². The number of nitrogens with zero attached hydrogens (tertiary/aromatic N) is 1. The first-order valence-corrected chi connectivity index (χ1v) is 9.93. The number of amides is 1. The molecule has 1 fully saturated rings. The van der Waals surface area contributed by atoms with E-state index >= 15 is 0 Å². The number of benzene rings is 1. The Morgan fingerprint density at radius 2 is 1.87 bits per heavy atom. The fourth-order valence-corrected chi connectivity index (χ4v) is 4.48. The molecule has 1 N–H and O–H groups in total. The van der Waals surface area contributed by atoms with Gasteiger partial charge in [0.05, 0.1) is 5.75 Å². The van der Waals surface area contributed by atoms with Crippen LogP contribution in [0.15, 0.2) is 30.3 Å². The minimum absolute atomic E-state index is 0.0497. The predicted octanol–water partition coefficient (Wildman–Crippen LogP) is 1.80. The summed E-state index contributed by atoms with van der Waals surface area (Å²) in [7, 11) is -3.21. The molecule has 0 saturated carbocycles. The van der Waals surface area contributed by atoms with Gasteiger partial charge in [0, 0.05) is 25.6 Å². The molecule has 5 nitrogen and oxygen atoms in total. The number of nitrogens with one attached hydrogen (secondary N) is 1. The number of carbonyl (C=O) groups excluding carboxylic acids is 1. The van der Waals surface area contributed by atoms with Crippen molar-refractivity contribution >= 4 is 15.9 Å². The van der Waals surface area contributed by atoms with Crippen LogP contribution in [0.5, 0.6) is 0 Å². The van der Waals surface area contributed by atoms with E-state index in [0.717, 1.165) is 12.0 Å². The molecule has 0 unspecified atom stereocenters. The minimum Gasteiger partial charge on any atom is -0.356 e. The van der Waals surface area contributed by atoms with Crippen molar-refractivity contribution in [1.82, 2.24) is 9.62 Å². The number of rotatable bonds is 7. The highest BCUT2D eigenvalue weighted by molar-refractivity contribution is 7.89. The van der Waals surface area contributed by atoms with E-state index in [2.05, 4.69) is 5.32 Å². The van der Waals surface area contributed by atoms with E-state index < -0.39 is 10.0 Å². The van der Waals surface area contributed by atoms with Crippen LogP contribution in [0.25, 0.3) is 0 Å². The van der Waals surface area contributed by atoms with Crippen LogP contribution in [0.1, 0.15) is 31.7 Å². The average molecular weight is 338 g/mol. The van der Waals surface area contributed by atoms with Gasteiger partial charge in [0.1, 0.15) is 0 Å². The molecule has 1 amide bonds. The molecule has 2 rings (SSSR count). The number of piperidine rings is 1. The molecule has 0 atom stereocenters. The van der Waals surface area contributed by atoms with E-state index in [1.807, 2.05) is 37.3 Å². The van der Waals surface area contributed by atoms with Crippen LogP contribution >= 0.6 is 0 Å². The Morgan fingerprint density at radius 3 is 2.48 bits per heavy atom. The van der Waals surface area contributed by atoms with E-state index in [1.165, 1.54) is 0 Å². The van der Waals surface area contributed by atoms with Crippen LogP contribution in [0.2, 0.25) is 0 Å². The van der Waals surface area contributed by atoms with Crippen LogP contribution in [-0.2, 0) is 21.2 Å². The Bertz CT molecular complexity index is 594. The molecule has 0 aliphatic carbocycles. The SMILES string of the molecule is CCNC(=O)C1CCN(S(=O)(=O)CCCc2ccccc2)CC1. The van der Waals surface area contributed by atoms with Crippen LogP contribution in [0, 0.1) is 5.92 Å². The normalized spacial score (nSPS) is 17.1. The standard InChI is InChI=1S/C17H26N2O3S/c1-2-18-17(20)16-10-12-19(13-11-16)23(21,22)14-6-9-15-7-4-3-5-8-15/h3-5,7-8,16H,2,6,9-14H2,1H3,(H,18,20). The lowest BCUT2D eigenvalue weighted by Gasteiger charge is -2.30. The highest BCUT2D eigenvalue weighted by Crippen LogP contribution is 2.20. The van der Waals surface area contributed by atoms with Crippen molar-refractivity contribution in [2.24, 2.45) is 5.92 Å². The largest absolute Gasteiger partial charge is 0.356 e. The molecular formula is C17H26N2O3S. The van der Waals surface area contributed by atoms with Crippen molar-refractivity contribution in [2.45, 2.75) is 32.6 Å². The monoisotopic (exact) mass is 338 g/mol. The molecular weight excluding hydrogens is 312 g/mol. The Morgan fingerprint density at radius 1 is 1.22 bits per heavy atom. The zero-order valence-electron chi connectivity index (χ0n) is 13.7. The maximum Gasteiger partial charge on any atom is 0.223 e. The second-order valence-corrected chi connectivity index (χ2v) is 8.06. The predicted molar refractivity (Wildman–Crippen MR) is 91.5 cm³/mol. The van der Waals surface area contributed by atoms with Gasteiger partial charge in [-0.25, -0.2) is 12.7 Å². The van der Waals surface area contributed by atoms with Gasteiger partial charge in [-0.05, 0) is 38.2 Å². The molecule has 23 heavy (non-hydrogen) atoms. The summed E-state index contributed by atoms with van der Waals surface area (Å²) < 4.78 is 26.4. The third kappa shape index (κ3) is 5.32. The van der Waals surface area contributed by atoms with Crippen molar-refractivity contribution in [1.29, 1.82) is 0 Å². The number of hydrogen-bond acceptors (Lipinski definition) is 3. The smallest absolute Gasteiger partial charge is 0.223 e. The highest BCUT2D eigenvalue weighted by atomic mass is 32.2. The molecule has 1 heterocycles. The van der Waals surface area contributed by atoms with E-state index in [4.69, 9.17) is 0 Å². The summed E-state index contributed by atoms with van der Waals surface area (Å²) in [5, 5.41) is 2.81. The summed E-state index contributed by atoms with van der Waals surface area (Å²) in [5.74, 6) is 0.174. The Balaban J connectivity index is 1.78. The number of aryl methyl sites for hydroxylation is 1. The van der Waals surface area contributed by atoms with Gasteiger partial charge in [-0.15, -0.1) is 0 Å². The van der Waals surface area contributed by atoms with Gasteiger partial charge >= 0.3 is 0 Å². The zero-order valence-corrected chi connectivity index (χ0v) is 14.5. The lowest BCUT2D eigenvalue weighted by atomic mass is 9.97. The van der Waals surface area contributed by atoms with Crippen molar-refractivity contribution in [3.8, 4) is 0 Å². The summed E-state index contributed by atoms with van der Waals surface area (Å²) in [5.41, 5.74) is 1.16. The number of sulfonamides is 1. The van der Waals surface area contributed by atoms with Crippen LogP contribution in [0.3, 0.4) is 0 Å². The first-order valence-electron chi connectivity index (χ1n) is 8.32. The Kier molecular flexibility index (Phi) is 6.59. The molecule has 1 aliphatic heterocycles. The summed E-state index contributed by atoms with van der Waals surface area (Å²) in [6.45, 7) is 3.42. The first kappa shape index (κ1) is 17.9. The molecule has 0 spiro atoms. The number of carbonyl (C=O) groups is 1. The summed E-state index contributed by atoms with van der Waals surface area (Å²) in [4.78, 5) is 11.8. The topological polar surface area (TPSA) is 66.5 Å². The van der Waals surface area contributed by atoms with Gasteiger partial charge < -0.3 is 5.32 Å². The molecule has 1 aromatic carbocycles. The molecule has 128 valence electrons.